The quantitative estimate of drug-likeness (QED) is 0.859. The SMILES string of the molecule is C#CCCC(=O)NCc1ccc(-c2noc(C(F)(F)F)n2)cc1. The Morgan fingerprint density at radius 1 is 1.30 bits per heavy atom. The summed E-state index contributed by atoms with van der Waals surface area (Å²) < 4.78 is 41.4. The maximum absolute atomic E-state index is 12.4. The summed E-state index contributed by atoms with van der Waals surface area (Å²) in [5.74, 6) is 0.662. The van der Waals surface area contributed by atoms with E-state index in [1.165, 1.54) is 0 Å². The maximum atomic E-state index is 12.4. The van der Waals surface area contributed by atoms with Gasteiger partial charge in [-0.1, -0.05) is 29.4 Å². The van der Waals surface area contributed by atoms with Gasteiger partial charge in [-0.3, -0.25) is 4.79 Å². The van der Waals surface area contributed by atoms with Gasteiger partial charge in [-0.05, 0) is 5.56 Å². The van der Waals surface area contributed by atoms with E-state index in [1.54, 1.807) is 24.3 Å². The molecule has 1 heterocycles. The summed E-state index contributed by atoms with van der Waals surface area (Å²) in [6, 6.07) is 6.41. The number of amides is 1. The lowest BCUT2D eigenvalue weighted by Crippen LogP contribution is -2.22. The molecule has 0 spiro atoms. The van der Waals surface area contributed by atoms with Gasteiger partial charge in [0.25, 0.3) is 0 Å². The van der Waals surface area contributed by atoms with Crippen molar-refractivity contribution < 1.29 is 22.5 Å². The molecule has 0 saturated carbocycles. The molecule has 0 unspecified atom stereocenters. The zero-order valence-electron chi connectivity index (χ0n) is 11.9. The van der Waals surface area contributed by atoms with E-state index >= 15 is 0 Å². The molecule has 0 saturated heterocycles. The second kappa shape index (κ2) is 6.96. The molecule has 5 nitrogen and oxygen atoms in total. The van der Waals surface area contributed by atoms with E-state index < -0.39 is 12.1 Å². The van der Waals surface area contributed by atoms with Crippen LogP contribution in [0.4, 0.5) is 13.2 Å². The van der Waals surface area contributed by atoms with Crippen molar-refractivity contribution in [2.45, 2.75) is 25.6 Å². The fraction of sp³-hybridized carbons (Fsp3) is 0.267. The predicted octanol–water partition coefficient (Wildman–Crippen LogP) is 2.79. The van der Waals surface area contributed by atoms with Crippen molar-refractivity contribution in [3.63, 3.8) is 0 Å². The van der Waals surface area contributed by atoms with E-state index in [9.17, 15) is 18.0 Å². The summed E-state index contributed by atoms with van der Waals surface area (Å²) in [4.78, 5) is 14.7. The Morgan fingerprint density at radius 2 is 2.00 bits per heavy atom. The predicted molar refractivity (Wildman–Crippen MR) is 74.6 cm³/mol. The van der Waals surface area contributed by atoms with Crippen molar-refractivity contribution in [3.05, 3.63) is 35.7 Å². The van der Waals surface area contributed by atoms with Crippen molar-refractivity contribution in [1.29, 1.82) is 0 Å². The van der Waals surface area contributed by atoms with Crippen LogP contribution in [-0.4, -0.2) is 16.0 Å². The topological polar surface area (TPSA) is 68.0 Å². The van der Waals surface area contributed by atoms with Crippen LogP contribution < -0.4 is 5.32 Å². The molecule has 0 aliphatic rings. The number of carbonyl (C=O) groups is 1. The number of aromatic nitrogens is 2. The maximum Gasteiger partial charge on any atom is 0.471 e. The summed E-state index contributed by atoms with van der Waals surface area (Å²) >= 11 is 0. The Hall–Kier alpha value is -2.82. The van der Waals surface area contributed by atoms with Gasteiger partial charge < -0.3 is 9.84 Å². The smallest absolute Gasteiger partial charge is 0.352 e. The first kappa shape index (κ1) is 16.5. The summed E-state index contributed by atoms with van der Waals surface area (Å²) in [5.41, 5.74) is 1.16. The van der Waals surface area contributed by atoms with Gasteiger partial charge in [-0.2, -0.15) is 18.2 Å². The number of carbonyl (C=O) groups excluding carboxylic acids is 1. The van der Waals surface area contributed by atoms with Gasteiger partial charge in [0.1, 0.15) is 0 Å². The Labute approximate surface area is 129 Å². The normalized spacial score (nSPS) is 11.0. The van der Waals surface area contributed by atoms with Crippen LogP contribution in [-0.2, 0) is 17.5 Å². The summed E-state index contributed by atoms with van der Waals surface area (Å²) in [6.45, 7) is 0.295. The molecule has 1 aromatic heterocycles. The minimum Gasteiger partial charge on any atom is -0.352 e. The number of terminal acetylenes is 1. The van der Waals surface area contributed by atoms with Crippen molar-refractivity contribution in [1.82, 2.24) is 15.5 Å². The van der Waals surface area contributed by atoms with Gasteiger partial charge in [-0.15, -0.1) is 12.3 Å². The Balaban J connectivity index is 1.98. The van der Waals surface area contributed by atoms with Crippen LogP contribution >= 0.6 is 0 Å². The first-order valence-corrected chi connectivity index (χ1v) is 6.60. The van der Waals surface area contributed by atoms with Gasteiger partial charge in [0.05, 0.1) is 0 Å². The third kappa shape index (κ3) is 4.57. The van der Waals surface area contributed by atoms with E-state index in [-0.39, 0.29) is 18.2 Å². The number of hydrogen-bond donors (Lipinski definition) is 1. The van der Waals surface area contributed by atoms with Crippen LogP contribution in [0.15, 0.2) is 28.8 Å². The van der Waals surface area contributed by atoms with Crippen LogP contribution in [0.2, 0.25) is 0 Å². The molecule has 0 aliphatic carbocycles. The van der Waals surface area contributed by atoms with Gasteiger partial charge in [-0.25, -0.2) is 0 Å². The highest BCUT2D eigenvalue weighted by atomic mass is 19.4. The molecular formula is C15H12F3N3O2. The minimum absolute atomic E-state index is 0.151. The monoisotopic (exact) mass is 323 g/mol. The van der Waals surface area contributed by atoms with Gasteiger partial charge >= 0.3 is 12.1 Å². The van der Waals surface area contributed by atoms with E-state index in [0.29, 0.717) is 18.5 Å². The number of halogens is 3. The fourth-order valence-corrected chi connectivity index (χ4v) is 1.70. The molecule has 8 heteroatoms. The first-order chi connectivity index (χ1) is 10.9. The van der Waals surface area contributed by atoms with Crippen molar-refractivity contribution >= 4 is 5.91 Å². The summed E-state index contributed by atoms with van der Waals surface area (Å²) in [6.07, 6.45) is 1.00. The number of benzene rings is 1. The van der Waals surface area contributed by atoms with Crippen LogP contribution in [0.3, 0.4) is 0 Å². The molecule has 0 aliphatic heterocycles. The molecule has 0 fully saturated rings. The van der Waals surface area contributed by atoms with Crippen LogP contribution in [0.1, 0.15) is 24.3 Å². The van der Waals surface area contributed by atoms with E-state index in [0.717, 1.165) is 5.56 Å². The molecule has 0 radical (unpaired) electrons. The van der Waals surface area contributed by atoms with Crippen molar-refractivity contribution in [2.24, 2.45) is 0 Å². The lowest BCUT2D eigenvalue weighted by molar-refractivity contribution is -0.159. The highest BCUT2D eigenvalue weighted by Gasteiger charge is 2.38. The zero-order valence-corrected chi connectivity index (χ0v) is 11.9. The number of alkyl halides is 3. The molecule has 0 bridgehead atoms. The molecule has 2 rings (SSSR count). The number of nitrogens with one attached hydrogen (secondary N) is 1. The third-order valence-electron chi connectivity index (χ3n) is 2.87. The molecule has 0 atom stereocenters. The second-order valence-corrected chi connectivity index (χ2v) is 4.60. The number of rotatable bonds is 5. The highest BCUT2D eigenvalue weighted by molar-refractivity contribution is 5.76. The van der Waals surface area contributed by atoms with Crippen LogP contribution in [0.5, 0.6) is 0 Å². The van der Waals surface area contributed by atoms with E-state index in [2.05, 4.69) is 25.9 Å². The summed E-state index contributed by atoms with van der Waals surface area (Å²) in [7, 11) is 0. The van der Waals surface area contributed by atoms with E-state index in [1.807, 2.05) is 0 Å². The summed E-state index contributed by atoms with van der Waals surface area (Å²) in [5, 5.41) is 5.98. The Bertz CT molecular complexity index is 715. The molecule has 1 amide bonds. The molecule has 1 aromatic carbocycles. The second-order valence-electron chi connectivity index (χ2n) is 4.60. The van der Waals surface area contributed by atoms with Crippen LogP contribution in [0.25, 0.3) is 11.4 Å². The zero-order chi connectivity index (χ0) is 16.9. The van der Waals surface area contributed by atoms with Crippen LogP contribution in [0, 0.1) is 12.3 Å². The Morgan fingerprint density at radius 3 is 2.57 bits per heavy atom. The number of hydrogen-bond acceptors (Lipinski definition) is 4. The Kier molecular flexibility index (Phi) is 5.01. The fourth-order valence-electron chi connectivity index (χ4n) is 1.70. The van der Waals surface area contributed by atoms with Gasteiger partial charge in [0.2, 0.25) is 11.7 Å². The first-order valence-electron chi connectivity index (χ1n) is 6.60. The van der Waals surface area contributed by atoms with Gasteiger partial charge in [0.15, 0.2) is 0 Å². The minimum atomic E-state index is -4.67. The standard InChI is InChI=1S/C15H12F3N3O2/c1-2-3-4-12(22)19-9-10-5-7-11(8-6-10)13-20-14(23-21-13)15(16,17)18/h1,5-8H,3-4,9H2,(H,19,22). The van der Waals surface area contributed by atoms with Gasteiger partial charge in [0, 0.05) is 24.9 Å². The average molecular weight is 323 g/mol. The molecule has 1 N–H and O–H groups in total. The molecular weight excluding hydrogens is 311 g/mol. The molecule has 2 aromatic rings. The molecule has 23 heavy (non-hydrogen) atoms. The lowest BCUT2D eigenvalue weighted by atomic mass is 10.1. The lowest BCUT2D eigenvalue weighted by Gasteiger charge is -2.04. The molecule has 120 valence electrons. The average Bonchev–Trinajstić information content (AvgIpc) is 3.01. The largest absolute Gasteiger partial charge is 0.471 e. The van der Waals surface area contributed by atoms with E-state index in [4.69, 9.17) is 6.42 Å². The number of nitrogens with zero attached hydrogens (tertiary/aromatic N) is 2. The highest BCUT2D eigenvalue weighted by Crippen LogP contribution is 2.29. The third-order valence-corrected chi connectivity index (χ3v) is 2.87. The van der Waals surface area contributed by atoms with Crippen molar-refractivity contribution in [3.8, 4) is 23.7 Å². The van der Waals surface area contributed by atoms with Crippen molar-refractivity contribution in [2.75, 3.05) is 0 Å².